The van der Waals surface area contributed by atoms with E-state index in [2.05, 4.69) is 5.32 Å². The number of β-amino-alcohol motifs (C(OH)–C–C–N with tert-alkyl or cyclic N) is 1. The maximum atomic E-state index is 12.0. The van der Waals surface area contributed by atoms with Crippen molar-refractivity contribution in [1.82, 2.24) is 10.2 Å². The second-order valence-corrected chi connectivity index (χ2v) is 8.24. The number of carbonyl (C=O) groups excluding carboxylic acids is 2. The lowest BCUT2D eigenvalue weighted by Crippen LogP contribution is -2.36. The fourth-order valence-electron chi connectivity index (χ4n) is 2.28. The number of amides is 2. The molecule has 1 aromatic heterocycles. The van der Waals surface area contributed by atoms with Gasteiger partial charge < -0.3 is 20.1 Å². The van der Waals surface area contributed by atoms with E-state index in [9.17, 15) is 14.7 Å². The molecule has 1 saturated heterocycles. The molecule has 2 amide bonds. The van der Waals surface area contributed by atoms with Crippen molar-refractivity contribution >= 4 is 34.9 Å². The minimum absolute atomic E-state index is 0.209. The van der Waals surface area contributed by atoms with Crippen LogP contribution < -0.4 is 5.32 Å². The van der Waals surface area contributed by atoms with Gasteiger partial charge in [-0.05, 0) is 32.9 Å². The molecule has 8 heteroatoms. The second kappa shape index (κ2) is 7.07. The number of nitrogens with one attached hydrogen (secondary N) is 1. The molecule has 1 unspecified atom stereocenters. The second-order valence-electron chi connectivity index (χ2n) is 6.53. The van der Waals surface area contributed by atoms with E-state index in [1.165, 1.54) is 16.2 Å². The van der Waals surface area contributed by atoms with Gasteiger partial charge in [0, 0.05) is 19.0 Å². The van der Waals surface area contributed by atoms with Crippen LogP contribution in [0.5, 0.6) is 0 Å². The zero-order valence-corrected chi connectivity index (χ0v) is 14.9. The summed E-state index contributed by atoms with van der Waals surface area (Å²) in [5.74, 6) is -0.452. The van der Waals surface area contributed by atoms with E-state index < -0.39 is 17.8 Å². The summed E-state index contributed by atoms with van der Waals surface area (Å²) in [6.45, 7) is 6.22. The van der Waals surface area contributed by atoms with Crippen LogP contribution in [0.2, 0.25) is 4.34 Å². The number of nitrogens with zero attached hydrogens (tertiary/aromatic N) is 1. The lowest BCUT2D eigenvalue weighted by molar-refractivity contribution is 0.0269. The third-order valence-electron chi connectivity index (χ3n) is 3.38. The number of hydrogen-bond donors (Lipinski definition) is 2. The van der Waals surface area contributed by atoms with Crippen molar-refractivity contribution in [1.29, 1.82) is 0 Å². The van der Waals surface area contributed by atoms with Gasteiger partial charge in [0.1, 0.15) is 5.60 Å². The van der Waals surface area contributed by atoms with Gasteiger partial charge in [0.15, 0.2) is 0 Å². The third kappa shape index (κ3) is 5.09. The van der Waals surface area contributed by atoms with E-state index >= 15 is 0 Å². The summed E-state index contributed by atoms with van der Waals surface area (Å²) in [6.07, 6.45) is -1.13. The molecular formula is C15H21ClN2O4S. The summed E-state index contributed by atoms with van der Waals surface area (Å²) in [6, 6.07) is 3.32. The standard InChI is InChI=1S/C15H21ClN2O4S/c1-15(2,3)22-14(21)18-7-9(10(19)8-18)6-17-13(20)11-4-5-12(16)23-11/h4-5,9-10,19H,6-8H2,1-3H3,(H,17,20)/t9?,10-/m1/s1. The highest BCUT2D eigenvalue weighted by atomic mass is 35.5. The van der Waals surface area contributed by atoms with Crippen molar-refractivity contribution in [2.75, 3.05) is 19.6 Å². The van der Waals surface area contributed by atoms with Crippen molar-refractivity contribution in [3.8, 4) is 0 Å². The third-order valence-corrected chi connectivity index (χ3v) is 4.61. The number of hydrogen-bond acceptors (Lipinski definition) is 5. The first-order chi connectivity index (χ1) is 10.7. The van der Waals surface area contributed by atoms with Crippen LogP contribution in [0.15, 0.2) is 12.1 Å². The molecule has 0 bridgehead atoms. The summed E-state index contributed by atoms with van der Waals surface area (Å²) in [4.78, 5) is 26.0. The smallest absolute Gasteiger partial charge is 0.410 e. The summed E-state index contributed by atoms with van der Waals surface area (Å²) >= 11 is 7.00. The molecule has 1 fully saturated rings. The lowest BCUT2D eigenvalue weighted by atomic mass is 10.1. The van der Waals surface area contributed by atoms with Crippen molar-refractivity contribution in [2.45, 2.75) is 32.5 Å². The molecule has 0 aromatic carbocycles. The first-order valence-corrected chi connectivity index (χ1v) is 8.54. The summed E-state index contributed by atoms with van der Waals surface area (Å²) < 4.78 is 5.84. The monoisotopic (exact) mass is 360 g/mol. The number of aliphatic hydroxyl groups is 1. The molecule has 1 aliphatic heterocycles. The average molecular weight is 361 g/mol. The Morgan fingerprint density at radius 2 is 2.13 bits per heavy atom. The molecule has 2 rings (SSSR count). The van der Waals surface area contributed by atoms with Crippen LogP contribution in [0, 0.1) is 5.92 Å². The zero-order valence-electron chi connectivity index (χ0n) is 13.3. The largest absolute Gasteiger partial charge is 0.444 e. The number of rotatable bonds is 3. The van der Waals surface area contributed by atoms with Gasteiger partial charge in [0.2, 0.25) is 0 Å². The van der Waals surface area contributed by atoms with Gasteiger partial charge in [-0.25, -0.2) is 4.79 Å². The fourth-order valence-corrected chi connectivity index (χ4v) is 3.24. The van der Waals surface area contributed by atoms with E-state index in [-0.39, 0.29) is 24.9 Å². The number of halogens is 1. The van der Waals surface area contributed by atoms with Gasteiger partial charge in [-0.3, -0.25) is 4.79 Å². The maximum absolute atomic E-state index is 12.0. The van der Waals surface area contributed by atoms with Crippen LogP contribution in [0.3, 0.4) is 0 Å². The topological polar surface area (TPSA) is 78.9 Å². The van der Waals surface area contributed by atoms with Crippen LogP contribution in [-0.2, 0) is 4.74 Å². The number of ether oxygens (including phenoxy) is 1. The van der Waals surface area contributed by atoms with Crippen molar-refractivity contribution in [3.63, 3.8) is 0 Å². The Morgan fingerprint density at radius 1 is 1.43 bits per heavy atom. The molecule has 0 spiro atoms. The zero-order chi connectivity index (χ0) is 17.2. The highest BCUT2D eigenvalue weighted by Crippen LogP contribution is 2.22. The van der Waals surface area contributed by atoms with Crippen LogP contribution >= 0.6 is 22.9 Å². The molecule has 0 radical (unpaired) electrons. The van der Waals surface area contributed by atoms with Gasteiger partial charge in [-0.1, -0.05) is 11.6 Å². The predicted octanol–water partition coefficient (Wildman–Crippen LogP) is 2.36. The van der Waals surface area contributed by atoms with Crippen LogP contribution in [0.1, 0.15) is 30.4 Å². The summed E-state index contributed by atoms with van der Waals surface area (Å²) in [5, 5.41) is 12.8. The predicted molar refractivity (Wildman–Crippen MR) is 89.0 cm³/mol. The SMILES string of the molecule is CC(C)(C)OC(=O)N1CC(CNC(=O)c2ccc(Cl)s2)[C@H](O)C1. The van der Waals surface area contributed by atoms with E-state index in [0.29, 0.717) is 15.8 Å². The minimum atomic E-state index is -0.685. The molecular weight excluding hydrogens is 340 g/mol. The van der Waals surface area contributed by atoms with E-state index in [4.69, 9.17) is 16.3 Å². The molecule has 128 valence electrons. The van der Waals surface area contributed by atoms with Crippen LogP contribution in [0.25, 0.3) is 0 Å². The molecule has 1 aliphatic rings. The van der Waals surface area contributed by atoms with Gasteiger partial charge >= 0.3 is 6.09 Å². The molecule has 1 aromatic rings. The number of aliphatic hydroxyl groups excluding tert-OH is 1. The number of carbonyl (C=O) groups is 2. The Kier molecular flexibility index (Phi) is 5.54. The van der Waals surface area contributed by atoms with Gasteiger partial charge in [-0.2, -0.15) is 0 Å². The van der Waals surface area contributed by atoms with Gasteiger partial charge in [0.05, 0.1) is 21.9 Å². The molecule has 2 atom stereocenters. The van der Waals surface area contributed by atoms with Gasteiger partial charge in [0.25, 0.3) is 5.91 Å². The molecule has 2 heterocycles. The number of likely N-dealkylation sites (tertiary alicyclic amines) is 1. The molecule has 6 nitrogen and oxygen atoms in total. The summed E-state index contributed by atoms with van der Waals surface area (Å²) in [7, 11) is 0. The van der Waals surface area contributed by atoms with Crippen molar-refractivity contribution in [2.24, 2.45) is 5.92 Å². The average Bonchev–Trinajstić information content (AvgIpc) is 3.01. The Bertz CT molecular complexity index is 584. The van der Waals surface area contributed by atoms with E-state index in [1.54, 1.807) is 32.9 Å². The van der Waals surface area contributed by atoms with Crippen LogP contribution in [-0.4, -0.2) is 53.3 Å². The van der Waals surface area contributed by atoms with Gasteiger partial charge in [-0.15, -0.1) is 11.3 Å². The van der Waals surface area contributed by atoms with Crippen molar-refractivity contribution in [3.05, 3.63) is 21.3 Å². The Labute approximate surface area is 144 Å². The minimum Gasteiger partial charge on any atom is -0.444 e. The van der Waals surface area contributed by atoms with E-state index in [0.717, 1.165) is 0 Å². The molecule has 2 N–H and O–H groups in total. The highest BCUT2D eigenvalue weighted by Gasteiger charge is 2.36. The Hall–Kier alpha value is -1.31. The van der Waals surface area contributed by atoms with Crippen molar-refractivity contribution < 1.29 is 19.4 Å². The Balaban J connectivity index is 1.85. The molecule has 0 saturated carbocycles. The normalized spacial score (nSPS) is 21.3. The lowest BCUT2D eigenvalue weighted by Gasteiger charge is -2.24. The van der Waals surface area contributed by atoms with E-state index in [1.807, 2.05) is 0 Å². The number of thiophene rings is 1. The Morgan fingerprint density at radius 3 is 2.70 bits per heavy atom. The quantitative estimate of drug-likeness (QED) is 0.867. The first kappa shape index (κ1) is 18.0. The maximum Gasteiger partial charge on any atom is 0.410 e. The first-order valence-electron chi connectivity index (χ1n) is 7.35. The van der Waals surface area contributed by atoms with Crippen LogP contribution in [0.4, 0.5) is 4.79 Å². The molecule has 23 heavy (non-hydrogen) atoms. The molecule has 0 aliphatic carbocycles. The fraction of sp³-hybridized carbons (Fsp3) is 0.600. The summed E-state index contributed by atoms with van der Waals surface area (Å²) in [5.41, 5.74) is -0.577. The highest BCUT2D eigenvalue weighted by molar-refractivity contribution is 7.17.